The molecule has 4 heteroatoms. The van der Waals surface area contributed by atoms with Gasteiger partial charge in [-0.1, -0.05) is 0 Å². The fraction of sp³-hybridized carbons (Fsp3) is 1.00. The van der Waals surface area contributed by atoms with Crippen LogP contribution in [0.5, 0.6) is 0 Å². The van der Waals surface area contributed by atoms with Crippen LogP contribution in [0, 0.1) is 0 Å². The van der Waals surface area contributed by atoms with E-state index in [2.05, 4.69) is 0 Å². The summed E-state index contributed by atoms with van der Waals surface area (Å²) in [6.07, 6.45) is 1.43. The second-order valence-electron chi connectivity index (χ2n) is 2.69. The molecule has 1 N–H and O–H groups in total. The molecular formula is C8H16O4. The van der Waals surface area contributed by atoms with Crippen molar-refractivity contribution in [2.45, 2.75) is 12.5 Å². The van der Waals surface area contributed by atoms with Crippen molar-refractivity contribution in [3.8, 4) is 0 Å². The highest BCUT2D eigenvalue weighted by atomic mass is 16.6. The lowest BCUT2D eigenvalue weighted by molar-refractivity contribution is 0.0312. The highest BCUT2D eigenvalue weighted by Crippen LogP contribution is 2.12. The highest BCUT2D eigenvalue weighted by Gasteiger charge is 2.21. The van der Waals surface area contributed by atoms with E-state index in [1.165, 1.54) is 0 Å². The second kappa shape index (κ2) is 6.37. The first-order valence-electron chi connectivity index (χ1n) is 4.31. The Morgan fingerprint density at radius 1 is 1.17 bits per heavy atom. The minimum Gasteiger partial charge on any atom is -0.394 e. The van der Waals surface area contributed by atoms with E-state index in [1.807, 2.05) is 0 Å². The van der Waals surface area contributed by atoms with Gasteiger partial charge in [-0.25, -0.2) is 0 Å². The Kier molecular flexibility index (Phi) is 5.27. The maximum atomic E-state index is 8.37. The largest absolute Gasteiger partial charge is 0.394 e. The minimum atomic E-state index is 0.0793. The molecule has 0 radical (unpaired) electrons. The van der Waals surface area contributed by atoms with E-state index in [9.17, 15) is 0 Å². The van der Waals surface area contributed by atoms with Crippen molar-refractivity contribution in [3.63, 3.8) is 0 Å². The molecule has 1 atom stereocenters. The molecule has 0 aromatic rings. The second-order valence-corrected chi connectivity index (χ2v) is 2.69. The van der Waals surface area contributed by atoms with Gasteiger partial charge in [0.25, 0.3) is 0 Å². The lowest BCUT2D eigenvalue weighted by Crippen LogP contribution is -2.08. The molecule has 0 aromatic heterocycles. The van der Waals surface area contributed by atoms with Gasteiger partial charge in [-0.15, -0.1) is 0 Å². The number of epoxide rings is 1. The maximum absolute atomic E-state index is 8.37. The summed E-state index contributed by atoms with van der Waals surface area (Å²) in [6, 6.07) is 0. The van der Waals surface area contributed by atoms with Crippen molar-refractivity contribution < 1.29 is 19.3 Å². The van der Waals surface area contributed by atoms with Crippen LogP contribution in [0.25, 0.3) is 0 Å². The van der Waals surface area contributed by atoms with Gasteiger partial charge in [0.1, 0.15) is 0 Å². The highest BCUT2D eigenvalue weighted by molar-refractivity contribution is 4.67. The molecule has 1 saturated heterocycles. The quantitative estimate of drug-likeness (QED) is 0.411. The summed E-state index contributed by atoms with van der Waals surface area (Å²) in [5.74, 6) is 0. The van der Waals surface area contributed by atoms with Crippen molar-refractivity contribution in [1.29, 1.82) is 0 Å². The van der Waals surface area contributed by atoms with Crippen molar-refractivity contribution >= 4 is 0 Å². The molecule has 1 unspecified atom stereocenters. The van der Waals surface area contributed by atoms with E-state index < -0.39 is 0 Å². The Morgan fingerprint density at radius 3 is 2.42 bits per heavy atom. The molecule has 0 aliphatic carbocycles. The van der Waals surface area contributed by atoms with Crippen molar-refractivity contribution in [1.82, 2.24) is 0 Å². The molecule has 0 saturated carbocycles. The van der Waals surface area contributed by atoms with Crippen LogP contribution >= 0.6 is 0 Å². The van der Waals surface area contributed by atoms with E-state index >= 15 is 0 Å². The number of ether oxygens (including phenoxy) is 3. The van der Waals surface area contributed by atoms with E-state index in [1.54, 1.807) is 0 Å². The van der Waals surface area contributed by atoms with Gasteiger partial charge in [0.2, 0.25) is 0 Å². The van der Waals surface area contributed by atoms with Gasteiger partial charge in [0.15, 0.2) is 0 Å². The number of aliphatic hydroxyl groups excluding tert-OH is 1. The van der Waals surface area contributed by atoms with Crippen molar-refractivity contribution in [2.24, 2.45) is 0 Å². The Balaban J connectivity index is 1.65. The molecule has 0 bridgehead atoms. The molecule has 0 spiro atoms. The Labute approximate surface area is 72.4 Å². The van der Waals surface area contributed by atoms with Gasteiger partial charge in [-0.05, 0) is 6.42 Å². The summed E-state index contributed by atoms with van der Waals surface area (Å²) in [5.41, 5.74) is 0. The molecule has 12 heavy (non-hydrogen) atoms. The predicted molar refractivity (Wildman–Crippen MR) is 43.1 cm³/mol. The standard InChI is InChI=1S/C8H16O4/c9-2-4-11-6-5-10-3-1-8-7-12-8/h8-9H,1-7H2. The van der Waals surface area contributed by atoms with Crippen LogP contribution in [0.4, 0.5) is 0 Å². The van der Waals surface area contributed by atoms with Crippen LogP contribution in [-0.4, -0.2) is 50.9 Å². The monoisotopic (exact) mass is 176 g/mol. The third-order valence-corrected chi connectivity index (χ3v) is 1.59. The molecular weight excluding hydrogens is 160 g/mol. The van der Waals surface area contributed by atoms with Gasteiger partial charge >= 0.3 is 0 Å². The van der Waals surface area contributed by atoms with E-state index in [0.717, 1.165) is 19.6 Å². The normalized spacial score (nSPS) is 21.2. The summed E-state index contributed by atoms with van der Waals surface area (Å²) in [6.45, 7) is 3.28. The average molecular weight is 176 g/mol. The zero-order chi connectivity index (χ0) is 8.65. The molecule has 1 aliphatic rings. The fourth-order valence-corrected chi connectivity index (χ4v) is 0.836. The van der Waals surface area contributed by atoms with Gasteiger partial charge in [0.05, 0.1) is 39.1 Å². The molecule has 4 nitrogen and oxygen atoms in total. The maximum Gasteiger partial charge on any atom is 0.0831 e. The molecule has 1 rings (SSSR count). The Morgan fingerprint density at radius 2 is 1.83 bits per heavy atom. The van der Waals surface area contributed by atoms with Crippen molar-refractivity contribution in [3.05, 3.63) is 0 Å². The molecule has 1 heterocycles. The number of hydrogen-bond donors (Lipinski definition) is 1. The summed E-state index contributed by atoms with van der Waals surface area (Å²) in [7, 11) is 0. The molecule has 0 aromatic carbocycles. The van der Waals surface area contributed by atoms with Crippen LogP contribution < -0.4 is 0 Å². The third kappa shape index (κ3) is 5.49. The number of hydrogen-bond acceptors (Lipinski definition) is 4. The third-order valence-electron chi connectivity index (χ3n) is 1.59. The van der Waals surface area contributed by atoms with Crippen LogP contribution in [0.15, 0.2) is 0 Å². The smallest absolute Gasteiger partial charge is 0.0831 e. The predicted octanol–water partition coefficient (Wildman–Crippen LogP) is -0.199. The molecule has 72 valence electrons. The van der Waals surface area contributed by atoms with Crippen molar-refractivity contribution in [2.75, 3.05) is 39.6 Å². The van der Waals surface area contributed by atoms with Gasteiger partial charge in [-0.2, -0.15) is 0 Å². The van der Waals surface area contributed by atoms with E-state index in [0.29, 0.717) is 25.9 Å². The van der Waals surface area contributed by atoms with Crippen LogP contribution in [0.1, 0.15) is 6.42 Å². The van der Waals surface area contributed by atoms with E-state index in [-0.39, 0.29) is 6.61 Å². The summed E-state index contributed by atoms with van der Waals surface area (Å²) < 4.78 is 15.3. The van der Waals surface area contributed by atoms with Crippen LogP contribution in [0.3, 0.4) is 0 Å². The molecule has 1 aliphatic heterocycles. The summed E-state index contributed by atoms with van der Waals surface area (Å²) in [4.78, 5) is 0. The first-order chi connectivity index (χ1) is 5.93. The Bertz CT molecular complexity index is 103. The topological polar surface area (TPSA) is 51.2 Å². The fourth-order valence-electron chi connectivity index (χ4n) is 0.836. The molecule has 0 amide bonds. The SMILES string of the molecule is OCCOCCOCCC1CO1. The Hall–Kier alpha value is -0.160. The number of aliphatic hydroxyl groups is 1. The molecule has 1 fully saturated rings. The first kappa shape index (κ1) is 9.92. The van der Waals surface area contributed by atoms with Crippen LogP contribution in [0.2, 0.25) is 0 Å². The lowest BCUT2D eigenvalue weighted by Gasteiger charge is -2.02. The van der Waals surface area contributed by atoms with E-state index in [4.69, 9.17) is 19.3 Å². The lowest BCUT2D eigenvalue weighted by atomic mass is 10.3. The zero-order valence-corrected chi connectivity index (χ0v) is 7.20. The van der Waals surface area contributed by atoms with Crippen LogP contribution in [-0.2, 0) is 14.2 Å². The first-order valence-corrected chi connectivity index (χ1v) is 4.31. The average Bonchev–Trinajstić information content (AvgIpc) is 2.87. The van der Waals surface area contributed by atoms with Gasteiger partial charge in [0, 0.05) is 6.61 Å². The zero-order valence-electron chi connectivity index (χ0n) is 7.20. The minimum absolute atomic E-state index is 0.0793. The summed E-state index contributed by atoms with van der Waals surface area (Å²) in [5, 5.41) is 8.37. The number of rotatable bonds is 8. The van der Waals surface area contributed by atoms with Gasteiger partial charge in [-0.3, -0.25) is 0 Å². The van der Waals surface area contributed by atoms with Gasteiger partial charge < -0.3 is 19.3 Å². The summed E-state index contributed by atoms with van der Waals surface area (Å²) >= 11 is 0.